The minimum absolute atomic E-state index is 0.148. The molecule has 2 heterocycles. The van der Waals surface area contributed by atoms with E-state index in [4.69, 9.17) is 9.47 Å². The van der Waals surface area contributed by atoms with Crippen LogP contribution in [-0.2, 0) is 16.1 Å². The second-order valence-corrected chi connectivity index (χ2v) is 6.25. The van der Waals surface area contributed by atoms with E-state index in [0.29, 0.717) is 12.1 Å². The Balaban J connectivity index is 1.54. The van der Waals surface area contributed by atoms with Gasteiger partial charge in [0.05, 0.1) is 25.9 Å². The van der Waals surface area contributed by atoms with Crippen molar-refractivity contribution < 1.29 is 32.3 Å². The van der Waals surface area contributed by atoms with E-state index in [-0.39, 0.29) is 35.5 Å². The van der Waals surface area contributed by atoms with Gasteiger partial charge in [0.25, 0.3) is 6.35 Å². The molecule has 1 aromatic rings. The number of rotatable bonds is 5. The minimum Gasteiger partial charge on any atom is -0.406 e. The topological polar surface area (TPSA) is 86.1 Å². The van der Waals surface area contributed by atoms with E-state index in [1.54, 1.807) is 4.90 Å². The molecule has 0 radical (unpaired) electrons. The van der Waals surface area contributed by atoms with Gasteiger partial charge in [0.2, 0.25) is 0 Å². The highest BCUT2D eigenvalue weighted by Crippen LogP contribution is 2.30. The van der Waals surface area contributed by atoms with Crippen LogP contribution in [0.25, 0.3) is 0 Å². The molecule has 2 atom stereocenters. The van der Waals surface area contributed by atoms with Gasteiger partial charge in [-0.15, -0.1) is 13.2 Å². The normalized spacial score (nSPS) is 22.8. The third-order valence-corrected chi connectivity index (χ3v) is 4.49. The van der Waals surface area contributed by atoms with Crippen LogP contribution in [0.1, 0.15) is 5.56 Å². The van der Waals surface area contributed by atoms with E-state index < -0.39 is 17.6 Å². The van der Waals surface area contributed by atoms with Gasteiger partial charge in [0.15, 0.2) is 4.61 Å². The molecule has 26 heavy (non-hydrogen) atoms. The molecule has 2 aliphatic heterocycles. The second-order valence-electron chi connectivity index (χ2n) is 5.50. The van der Waals surface area contributed by atoms with E-state index in [2.05, 4.69) is 26.0 Å². The van der Waals surface area contributed by atoms with Gasteiger partial charge in [0, 0.05) is 0 Å². The molecule has 0 aliphatic carbocycles. The largest absolute Gasteiger partial charge is 0.573 e. The third kappa shape index (κ3) is 4.37. The summed E-state index contributed by atoms with van der Waals surface area (Å²) in [6.07, 6.45) is -5.73. The maximum Gasteiger partial charge on any atom is 0.573 e. The summed E-state index contributed by atoms with van der Waals surface area (Å²) in [6.45, 7) is 0.718. The fourth-order valence-electron chi connectivity index (χ4n) is 2.50. The fraction of sp³-hybridized carbons (Fsp3) is 0.429. The molecular weight excluding hydrogens is 427 g/mol. The van der Waals surface area contributed by atoms with Gasteiger partial charge in [-0.2, -0.15) is 0 Å². The average Bonchev–Trinajstić information content (AvgIpc) is 2.90. The fourth-order valence-corrected chi connectivity index (χ4v) is 3.09. The van der Waals surface area contributed by atoms with Crippen molar-refractivity contribution >= 4 is 15.9 Å². The summed E-state index contributed by atoms with van der Waals surface area (Å²) in [4.78, 5) is 12.0. The van der Waals surface area contributed by atoms with Crippen molar-refractivity contribution in [3.05, 3.63) is 50.4 Å². The highest BCUT2D eigenvalue weighted by Gasteiger charge is 2.43. The van der Waals surface area contributed by atoms with Gasteiger partial charge in [-0.1, -0.05) is 12.1 Å². The van der Waals surface area contributed by atoms with Crippen molar-refractivity contribution in [2.24, 2.45) is 0 Å². The Kier molecular flexibility index (Phi) is 5.25. The van der Waals surface area contributed by atoms with Crippen LogP contribution in [0.5, 0.6) is 5.75 Å². The molecule has 1 N–H and O–H groups in total. The first kappa shape index (κ1) is 18.7. The third-order valence-electron chi connectivity index (χ3n) is 3.66. The zero-order valence-corrected chi connectivity index (χ0v) is 14.6. The summed E-state index contributed by atoms with van der Waals surface area (Å²) in [7, 11) is 0. The summed E-state index contributed by atoms with van der Waals surface area (Å²) in [5, 5.41) is 13.6. The first-order valence-corrected chi connectivity index (χ1v) is 8.17. The van der Waals surface area contributed by atoms with Gasteiger partial charge >= 0.3 is 12.2 Å². The first-order valence-electron chi connectivity index (χ1n) is 7.38. The van der Waals surface area contributed by atoms with Crippen LogP contribution in [0.3, 0.4) is 0 Å². The molecule has 2 aliphatic rings. The number of benzene rings is 1. The van der Waals surface area contributed by atoms with Crippen LogP contribution >= 0.6 is 15.9 Å². The standard InChI is InChI=1S/C14H13BrF3N3O5/c15-11-12(21(22)23)19-13-20(11)5-10(7-25-13)24-6-8-1-3-9(4-2-8)26-14(16,17)18/h1-4,10,13,19H,5-7H2/t10-,13?/m0/s1. The van der Waals surface area contributed by atoms with Gasteiger partial charge in [-0.25, -0.2) is 5.32 Å². The van der Waals surface area contributed by atoms with Crippen LogP contribution in [0, 0.1) is 10.1 Å². The quantitative estimate of drug-likeness (QED) is 0.428. The summed E-state index contributed by atoms with van der Waals surface area (Å²) >= 11 is 3.16. The number of fused-ring (bicyclic) bond motifs is 1. The Morgan fingerprint density at radius 3 is 2.69 bits per heavy atom. The minimum atomic E-state index is -4.73. The molecule has 1 aromatic carbocycles. The van der Waals surface area contributed by atoms with Crippen LogP contribution < -0.4 is 10.1 Å². The molecule has 142 valence electrons. The molecule has 1 saturated heterocycles. The zero-order valence-electron chi connectivity index (χ0n) is 13.0. The number of nitrogens with one attached hydrogen (secondary N) is 1. The first-order chi connectivity index (χ1) is 12.2. The van der Waals surface area contributed by atoms with Crippen LogP contribution in [0.4, 0.5) is 13.2 Å². The van der Waals surface area contributed by atoms with Crippen molar-refractivity contribution in [2.45, 2.75) is 25.4 Å². The molecule has 12 heteroatoms. The molecule has 3 rings (SSSR count). The van der Waals surface area contributed by atoms with Gasteiger partial charge in [-0.05, 0) is 38.5 Å². The number of hydrogen-bond donors (Lipinski definition) is 1. The summed E-state index contributed by atoms with van der Waals surface area (Å²) < 4.78 is 51.6. The van der Waals surface area contributed by atoms with Crippen molar-refractivity contribution in [1.82, 2.24) is 10.2 Å². The van der Waals surface area contributed by atoms with Crippen LogP contribution in [0.2, 0.25) is 0 Å². The number of nitrogens with zero attached hydrogens (tertiary/aromatic N) is 2. The van der Waals surface area contributed by atoms with Crippen molar-refractivity contribution in [2.75, 3.05) is 13.2 Å². The maximum atomic E-state index is 12.1. The summed E-state index contributed by atoms with van der Waals surface area (Å²) in [5.74, 6) is -0.495. The Bertz CT molecular complexity index is 713. The predicted octanol–water partition coefficient (Wildman–Crippen LogP) is 2.49. The predicted molar refractivity (Wildman–Crippen MR) is 84.2 cm³/mol. The smallest absolute Gasteiger partial charge is 0.406 e. The Morgan fingerprint density at radius 1 is 1.38 bits per heavy atom. The lowest BCUT2D eigenvalue weighted by atomic mass is 10.2. The lowest BCUT2D eigenvalue weighted by Gasteiger charge is -2.33. The van der Waals surface area contributed by atoms with E-state index >= 15 is 0 Å². The highest BCUT2D eigenvalue weighted by molar-refractivity contribution is 9.11. The van der Waals surface area contributed by atoms with Crippen LogP contribution in [-0.4, -0.2) is 41.8 Å². The van der Waals surface area contributed by atoms with Crippen molar-refractivity contribution in [1.29, 1.82) is 0 Å². The molecule has 1 unspecified atom stereocenters. The monoisotopic (exact) mass is 439 g/mol. The highest BCUT2D eigenvalue weighted by atomic mass is 79.9. The Labute approximate surface area is 153 Å². The lowest BCUT2D eigenvalue weighted by Crippen LogP contribution is -2.50. The molecule has 0 amide bonds. The number of nitro groups is 1. The molecule has 0 spiro atoms. The number of alkyl halides is 3. The van der Waals surface area contributed by atoms with E-state index in [0.717, 1.165) is 0 Å². The average molecular weight is 440 g/mol. The molecule has 0 saturated carbocycles. The van der Waals surface area contributed by atoms with Crippen LogP contribution in [0.15, 0.2) is 34.7 Å². The SMILES string of the molecule is O=[N+]([O-])C1=C(Br)N2C[C@H](OCc3ccc(OC(F)(F)F)cc3)COC2N1. The van der Waals surface area contributed by atoms with E-state index in [9.17, 15) is 23.3 Å². The van der Waals surface area contributed by atoms with E-state index in [1.807, 2.05) is 0 Å². The molecule has 1 fully saturated rings. The Morgan fingerprint density at radius 2 is 2.08 bits per heavy atom. The Hall–Kier alpha value is -2.05. The number of hydrogen-bond acceptors (Lipinski definition) is 7. The van der Waals surface area contributed by atoms with E-state index in [1.165, 1.54) is 24.3 Å². The van der Waals surface area contributed by atoms with Crippen molar-refractivity contribution in [3.8, 4) is 5.75 Å². The summed E-state index contributed by atoms with van der Waals surface area (Å²) in [6, 6.07) is 5.33. The van der Waals surface area contributed by atoms with Gasteiger partial charge < -0.3 is 24.3 Å². The molecular formula is C14H13BrF3N3O5. The maximum absolute atomic E-state index is 12.1. The lowest BCUT2D eigenvalue weighted by molar-refractivity contribution is -0.432. The zero-order chi connectivity index (χ0) is 18.9. The molecule has 0 bridgehead atoms. The van der Waals surface area contributed by atoms with Gasteiger partial charge in [-0.3, -0.25) is 4.90 Å². The number of halogens is 4. The molecule has 8 nitrogen and oxygen atoms in total. The summed E-state index contributed by atoms with van der Waals surface area (Å²) in [5.41, 5.74) is 0.654. The number of ether oxygens (including phenoxy) is 3. The van der Waals surface area contributed by atoms with Crippen molar-refractivity contribution in [3.63, 3.8) is 0 Å². The second kappa shape index (κ2) is 7.29. The molecule has 0 aromatic heterocycles. The van der Waals surface area contributed by atoms with Gasteiger partial charge in [0.1, 0.15) is 5.75 Å².